The minimum Gasteiger partial charge on any atom is -0.353 e. The zero-order valence-electron chi connectivity index (χ0n) is 15.7. The van der Waals surface area contributed by atoms with E-state index >= 15 is 0 Å². The molecule has 6 rings (SSSR count). The van der Waals surface area contributed by atoms with Gasteiger partial charge >= 0.3 is 0 Å². The first-order valence-corrected chi connectivity index (χ1v) is 9.49. The van der Waals surface area contributed by atoms with E-state index < -0.39 is 0 Å². The van der Waals surface area contributed by atoms with Gasteiger partial charge in [0.05, 0.1) is 5.69 Å². The number of rotatable bonds is 3. The number of hydrogen-bond acceptors (Lipinski definition) is 5. The summed E-state index contributed by atoms with van der Waals surface area (Å²) in [5.41, 5.74) is 7.68. The van der Waals surface area contributed by atoms with Crippen LogP contribution in [-0.2, 0) is 0 Å². The van der Waals surface area contributed by atoms with Crippen LogP contribution in [0.3, 0.4) is 0 Å². The minimum absolute atomic E-state index is 0.735. The molecule has 0 saturated heterocycles. The lowest BCUT2D eigenvalue weighted by Crippen LogP contribution is -1.85. The summed E-state index contributed by atoms with van der Waals surface area (Å²) in [6.45, 7) is 0. The molecule has 7 heteroatoms. The van der Waals surface area contributed by atoms with E-state index in [1.165, 1.54) is 6.33 Å². The van der Waals surface area contributed by atoms with E-state index in [1.807, 2.05) is 24.5 Å². The van der Waals surface area contributed by atoms with Gasteiger partial charge in [0.2, 0.25) is 0 Å². The molecule has 0 saturated carbocycles. The standard InChI is InChI=1S/C23H15N7/c1-2-17(14-4-6-24-7-5-14)18-9-21(28-20(18)3-1)22-19-8-15(12-27-23(19)30-29-22)16-10-25-13-26-11-16/h1-13,28H,(H,27,29,30). The van der Waals surface area contributed by atoms with Crippen molar-refractivity contribution in [1.29, 1.82) is 0 Å². The van der Waals surface area contributed by atoms with Crippen LogP contribution < -0.4 is 0 Å². The first-order chi connectivity index (χ1) is 14.9. The van der Waals surface area contributed by atoms with E-state index in [0.717, 1.165) is 55.6 Å². The van der Waals surface area contributed by atoms with Gasteiger partial charge in [0.15, 0.2) is 5.65 Å². The Kier molecular flexibility index (Phi) is 3.64. The molecule has 7 nitrogen and oxygen atoms in total. The smallest absolute Gasteiger partial charge is 0.155 e. The van der Waals surface area contributed by atoms with Gasteiger partial charge in [-0.05, 0) is 41.5 Å². The van der Waals surface area contributed by atoms with Crippen LogP contribution in [0.1, 0.15) is 0 Å². The molecule has 0 bridgehead atoms. The van der Waals surface area contributed by atoms with Crippen molar-refractivity contribution in [2.75, 3.05) is 0 Å². The Morgan fingerprint density at radius 2 is 1.60 bits per heavy atom. The van der Waals surface area contributed by atoms with Crippen molar-refractivity contribution in [2.24, 2.45) is 0 Å². The summed E-state index contributed by atoms with van der Waals surface area (Å²) in [5.74, 6) is 0. The Labute approximate surface area is 170 Å². The summed E-state index contributed by atoms with van der Waals surface area (Å²) in [4.78, 5) is 20.4. The summed E-state index contributed by atoms with van der Waals surface area (Å²) in [5, 5.41) is 9.65. The van der Waals surface area contributed by atoms with Crippen LogP contribution in [0, 0.1) is 0 Å². The zero-order chi connectivity index (χ0) is 19.9. The van der Waals surface area contributed by atoms with E-state index in [9.17, 15) is 0 Å². The molecule has 0 spiro atoms. The Balaban J connectivity index is 1.52. The maximum Gasteiger partial charge on any atom is 0.155 e. The normalized spacial score (nSPS) is 11.3. The van der Waals surface area contributed by atoms with Gasteiger partial charge in [0.25, 0.3) is 0 Å². The van der Waals surface area contributed by atoms with Crippen molar-refractivity contribution in [3.8, 4) is 33.6 Å². The number of fused-ring (bicyclic) bond motifs is 2. The van der Waals surface area contributed by atoms with Gasteiger partial charge in [0.1, 0.15) is 12.0 Å². The van der Waals surface area contributed by atoms with Gasteiger partial charge in [-0.25, -0.2) is 15.0 Å². The Morgan fingerprint density at radius 1 is 0.733 bits per heavy atom. The molecule has 0 atom stereocenters. The predicted octanol–water partition coefficient (Wildman–Crippen LogP) is 4.63. The van der Waals surface area contributed by atoms with Gasteiger partial charge in [-0.2, -0.15) is 5.10 Å². The third-order valence-electron chi connectivity index (χ3n) is 5.22. The minimum atomic E-state index is 0.735. The number of nitrogens with zero attached hydrogens (tertiary/aromatic N) is 5. The number of benzene rings is 1. The molecule has 5 heterocycles. The second-order valence-electron chi connectivity index (χ2n) is 7.01. The SMILES string of the molecule is c1cc(-c2ccncc2)c2cc(-c3n[nH]c4ncc(-c5cncnc5)cc34)[nH]c2c1. The van der Waals surface area contributed by atoms with Crippen LogP contribution >= 0.6 is 0 Å². The molecular formula is C23H15N7. The maximum absolute atomic E-state index is 4.54. The number of nitrogens with one attached hydrogen (secondary N) is 2. The second-order valence-corrected chi connectivity index (χ2v) is 7.01. The summed E-state index contributed by atoms with van der Waals surface area (Å²) in [6, 6.07) is 14.5. The average Bonchev–Trinajstić information content (AvgIpc) is 3.43. The summed E-state index contributed by atoms with van der Waals surface area (Å²) >= 11 is 0. The lowest BCUT2D eigenvalue weighted by Gasteiger charge is -2.02. The fraction of sp³-hybridized carbons (Fsp3) is 0. The molecule has 0 aliphatic carbocycles. The summed E-state index contributed by atoms with van der Waals surface area (Å²) in [6.07, 6.45) is 10.5. The van der Waals surface area contributed by atoms with E-state index in [1.54, 1.807) is 18.6 Å². The first kappa shape index (κ1) is 16.6. The fourth-order valence-corrected chi connectivity index (χ4v) is 3.78. The highest BCUT2D eigenvalue weighted by molar-refractivity contribution is 6.01. The fourth-order valence-electron chi connectivity index (χ4n) is 3.78. The number of pyridine rings is 2. The molecule has 0 amide bonds. The van der Waals surface area contributed by atoms with Crippen LogP contribution in [0.4, 0.5) is 0 Å². The van der Waals surface area contributed by atoms with Crippen molar-refractivity contribution in [2.45, 2.75) is 0 Å². The van der Waals surface area contributed by atoms with Crippen molar-refractivity contribution in [3.05, 3.63) is 79.8 Å². The molecule has 5 aromatic heterocycles. The van der Waals surface area contributed by atoms with Gasteiger partial charge in [-0.1, -0.05) is 12.1 Å². The van der Waals surface area contributed by atoms with Gasteiger partial charge in [-0.3, -0.25) is 10.1 Å². The van der Waals surface area contributed by atoms with Gasteiger partial charge in [-0.15, -0.1) is 0 Å². The maximum atomic E-state index is 4.54. The molecule has 0 fully saturated rings. The molecule has 0 aliphatic heterocycles. The van der Waals surface area contributed by atoms with Crippen molar-refractivity contribution in [1.82, 2.24) is 35.1 Å². The van der Waals surface area contributed by atoms with Gasteiger partial charge in [0, 0.05) is 58.4 Å². The molecular weight excluding hydrogens is 374 g/mol. The first-order valence-electron chi connectivity index (χ1n) is 9.49. The van der Waals surface area contributed by atoms with E-state index in [0.29, 0.717) is 0 Å². The third kappa shape index (κ3) is 2.64. The van der Waals surface area contributed by atoms with E-state index in [-0.39, 0.29) is 0 Å². The predicted molar refractivity (Wildman–Crippen MR) is 115 cm³/mol. The molecule has 1 aromatic carbocycles. The molecule has 2 N–H and O–H groups in total. The van der Waals surface area contributed by atoms with Crippen LogP contribution in [0.15, 0.2) is 79.8 Å². The lowest BCUT2D eigenvalue weighted by molar-refractivity contribution is 1.10. The number of aromatic nitrogens is 7. The van der Waals surface area contributed by atoms with E-state index in [2.05, 4.69) is 65.4 Å². The highest BCUT2D eigenvalue weighted by Gasteiger charge is 2.15. The topological polar surface area (TPSA) is 96.0 Å². The molecule has 0 unspecified atom stereocenters. The quantitative estimate of drug-likeness (QED) is 0.460. The van der Waals surface area contributed by atoms with Crippen LogP contribution in [0.2, 0.25) is 0 Å². The third-order valence-corrected chi connectivity index (χ3v) is 5.22. The number of hydrogen-bond donors (Lipinski definition) is 2. The Bertz CT molecular complexity index is 1480. The van der Waals surface area contributed by atoms with E-state index in [4.69, 9.17) is 0 Å². The molecule has 0 aliphatic rings. The van der Waals surface area contributed by atoms with Crippen molar-refractivity contribution < 1.29 is 0 Å². The number of H-pyrrole nitrogens is 2. The highest BCUT2D eigenvalue weighted by Crippen LogP contribution is 2.34. The number of aromatic amines is 2. The Morgan fingerprint density at radius 3 is 2.47 bits per heavy atom. The van der Waals surface area contributed by atoms with Crippen LogP contribution in [0.5, 0.6) is 0 Å². The highest BCUT2D eigenvalue weighted by atomic mass is 15.2. The van der Waals surface area contributed by atoms with Gasteiger partial charge < -0.3 is 4.98 Å². The molecule has 30 heavy (non-hydrogen) atoms. The monoisotopic (exact) mass is 389 g/mol. The summed E-state index contributed by atoms with van der Waals surface area (Å²) < 4.78 is 0. The summed E-state index contributed by atoms with van der Waals surface area (Å²) in [7, 11) is 0. The van der Waals surface area contributed by atoms with Crippen LogP contribution in [-0.4, -0.2) is 35.1 Å². The lowest BCUT2D eigenvalue weighted by atomic mass is 10.0. The average molecular weight is 389 g/mol. The second kappa shape index (κ2) is 6.59. The molecule has 6 aromatic rings. The Hall–Kier alpha value is -4.39. The molecule has 0 radical (unpaired) electrons. The molecule has 142 valence electrons. The van der Waals surface area contributed by atoms with Crippen LogP contribution in [0.25, 0.3) is 55.6 Å². The largest absolute Gasteiger partial charge is 0.353 e. The van der Waals surface area contributed by atoms with Crippen molar-refractivity contribution >= 4 is 21.9 Å². The van der Waals surface area contributed by atoms with Crippen molar-refractivity contribution in [3.63, 3.8) is 0 Å². The zero-order valence-corrected chi connectivity index (χ0v) is 15.7.